The summed E-state index contributed by atoms with van der Waals surface area (Å²) in [6, 6.07) is -1.36. The van der Waals surface area contributed by atoms with E-state index in [1.807, 2.05) is 0 Å². The van der Waals surface area contributed by atoms with E-state index in [1.54, 1.807) is 39.1 Å². The lowest BCUT2D eigenvalue weighted by molar-refractivity contribution is -0.142. The summed E-state index contributed by atoms with van der Waals surface area (Å²) in [5.74, 6) is -7.02. The molecule has 59 heavy (non-hydrogen) atoms. The number of carbonyl (C=O) groups excluding carboxylic acids is 9. The van der Waals surface area contributed by atoms with Gasteiger partial charge in [-0.2, -0.15) is 0 Å². The molecule has 0 bridgehead atoms. The molecule has 1 saturated heterocycles. The number of β-amino-alcohol motifs (C(OH)–C–C–N with tert-alkyl or cyclic N) is 1. The molecule has 0 radical (unpaired) electrons. The summed E-state index contributed by atoms with van der Waals surface area (Å²) in [6.07, 6.45) is -1.35. The number of aliphatic hydroxyl groups excluding tert-OH is 1. The SMILES string of the molecule is CC[C@H](C)[C@@H]1NC(=O)CNC(=O)C(NC)Cc2c([nH]c3ccc(OC(C)=O)cc23)SCC(C(=O)NC(CC(N)=O)C(=O)N2C[C@H](O)C[C@H]2C(=O)NC)NC(=O)CNC1=O. The van der Waals surface area contributed by atoms with Gasteiger partial charge in [0.05, 0.1) is 36.7 Å². The van der Waals surface area contributed by atoms with Crippen LogP contribution < -0.4 is 47.7 Å². The fourth-order valence-corrected chi connectivity index (χ4v) is 7.84. The third-order valence-electron chi connectivity index (χ3n) is 10.0. The molecule has 3 heterocycles. The number of primary amides is 1. The smallest absolute Gasteiger partial charge is 0.308 e. The Balaban J connectivity index is 1.75. The predicted molar refractivity (Wildman–Crippen MR) is 212 cm³/mol. The molecule has 2 aliphatic heterocycles. The van der Waals surface area contributed by atoms with E-state index >= 15 is 0 Å². The number of likely N-dealkylation sites (tertiary alicyclic amines) is 1. The highest BCUT2D eigenvalue weighted by molar-refractivity contribution is 7.99. The number of aliphatic hydroxyl groups is 1. The second-order valence-electron chi connectivity index (χ2n) is 14.3. The van der Waals surface area contributed by atoms with Crippen molar-refractivity contribution in [2.75, 3.05) is 39.5 Å². The average Bonchev–Trinajstić information content (AvgIpc) is 3.75. The molecule has 7 atom stereocenters. The summed E-state index contributed by atoms with van der Waals surface area (Å²) in [5, 5.41) is 29.4. The van der Waals surface area contributed by atoms with Crippen molar-refractivity contribution in [2.45, 2.75) is 87.8 Å². The normalized spacial score (nSPS) is 23.2. The van der Waals surface area contributed by atoms with E-state index in [1.165, 1.54) is 14.0 Å². The van der Waals surface area contributed by atoms with Crippen LogP contribution in [0.5, 0.6) is 5.75 Å². The number of nitrogens with zero attached hydrogens (tertiary/aromatic N) is 1. The predicted octanol–water partition coefficient (Wildman–Crippen LogP) is -3.35. The van der Waals surface area contributed by atoms with Crippen molar-refractivity contribution in [1.82, 2.24) is 47.1 Å². The number of likely N-dealkylation sites (N-methyl/N-ethyl adjacent to an activating group) is 2. The Hall–Kier alpha value is -5.74. The highest BCUT2D eigenvalue weighted by atomic mass is 32.2. The lowest BCUT2D eigenvalue weighted by atomic mass is 9.98. The van der Waals surface area contributed by atoms with Gasteiger partial charge in [0.25, 0.3) is 0 Å². The van der Waals surface area contributed by atoms with Crippen molar-refractivity contribution in [2.24, 2.45) is 11.7 Å². The molecule has 22 heteroatoms. The first-order valence-corrected chi connectivity index (χ1v) is 20.0. The number of rotatable bonds is 10. The number of aromatic amines is 1. The zero-order valence-electron chi connectivity index (χ0n) is 33.4. The molecule has 0 aliphatic carbocycles. The molecule has 1 aromatic heterocycles. The van der Waals surface area contributed by atoms with Crippen LogP contribution in [-0.4, -0.2) is 144 Å². The van der Waals surface area contributed by atoms with E-state index in [0.717, 1.165) is 16.7 Å². The van der Waals surface area contributed by atoms with Crippen LogP contribution in [0.4, 0.5) is 0 Å². The number of H-pyrrole nitrogens is 1. The van der Waals surface area contributed by atoms with Crippen LogP contribution in [0.25, 0.3) is 10.9 Å². The van der Waals surface area contributed by atoms with Crippen LogP contribution in [0.3, 0.4) is 0 Å². The summed E-state index contributed by atoms with van der Waals surface area (Å²) >= 11 is 1.06. The lowest BCUT2D eigenvalue weighted by Gasteiger charge is -2.29. The number of hydrogen-bond donors (Lipinski definition) is 10. The van der Waals surface area contributed by atoms with Gasteiger partial charge < -0.3 is 62.7 Å². The topological polar surface area (TPSA) is 312 Å². The molecule has 1 aromatic carbocycles. The number of benzene rings is 1. The number of fused-ring (bicyclic) bond motifs is 3. The van der Waals surface area contributed by atoms with Crippen molar-refractivity contribution in [3.8, 4) is 5.75 Å². The highest BCUT2D eigenvalue weighted by Gasteiger charge is 2.42. The maximum atomic E-state index is 14.1. The molecule has 4 rings (SSSR count). The van der Waals surface area contributed by atoms with E-state index in [9.17, 15) is 48.3 Å². The van der Waals surface area contributed by atoms with Gasteiger partial charge in [-0.15, -0.1) is 11.8 Å². The van der Waals surface area contributed by atoms with E-state index in [4.69, 9.17) is 10.5 Å². The molecule has 3 unspecified atom stereocenters. The summed E-state index contributed by atoms with van der Waals surface area (Å²) in [4.78, 5) is 122. The van der Waals surface area contributed by atoms with Crippen LogP contribution in [0, 0.1) is 5.92 Å². The second kappa shape index (κ2) is 20.8. The molecule has 0 spiro atoms. The molecule has 11 N–H and O–H groups in total. The molecule has 8 amide bonds. The Morgan fingerprint density at radius 3 is 2.32 bits per heavy atom. The molecular formula is C37H52N10O11S. The number of hydrogen-bond acceptors (Lipinski definition) is 13. The van der Waals surface area contributed by atoms with E-state index in [0.29, 0.717) is 27.9 Å². The number of amides is 8. The van der Waals surface area contributed by atoms with Crippen LogP contribution in [-0.2, 0) is 49.6 Å². The first-order valence-electron chi connectivity index (χ1n) is 19.0. The first kappa shape index (κ1) is 46.0. The van der Waals surface area contributed by atoms with Crippen molar-refractivity contribution in [3.05, 3.63) is 23.8 Å². The third kappa shape index (κ3) is 12.1. The van der Waals surface area contributed by atoms with Gasteiger partial charge >= 0.3 is 5.97 Å². The average molecular weight is 845 g/mol. The van der Waals surface area contributed by atoms with Gasteiger partial charge in [-0.05, 0) is 43.1 Å². The van der Waals surface area contributed by atoms with Crippen LogP contribution in [0.1, 0.15) is 45.6 Å². The molecular weight excluding hydrogens is 793 g/mol. The fraction of sp³-hybridized carbons (Fsp3) is 0.541. The van der Waals surface area contributed by atoms with Crippen molar-refractivity contribution < 1.29 is 53.0 Å². The molecule has 1 fully saturated rings. The zero-order chi connectivity index (χ0) is 43.6. The van der Waals surface area contributed by atoms with E-state index in [2.05, 4.69) is 42.2 Å². The number of nitrogens with one attached hydrogen (secondary N) is 8. The first-order chi connectivity index (χ1) is 27.9. The summed E-state index contributed by atoms with van der Waals surface area (Å²) < 4.78 is 5.31. The summed E-state index contributed by atoms with van der Waals surface area (Å²) in [7, 11) is 2.90. The monoisotopic (exact) mass is 844 g/mol. The number of aromatic nitrogens is 1. The zero-order valence-corrected chi connectivity index (χ0v) is 34.2. The van der Waals surface area contributed by atoms with E-state index < -0.39 is 109 Å². The van der Waals surface area contributed by atoms with Crippen molar-refractivity contribution in [1.29, 1.82) is 0 Å². The van der Waals surface area contributed by atoms with Gasteiger partial charge in [-0.1, -0.05) is 20.3 Å². The third-order valence-corrected chi connectivity index (χ3v) is 11.1. The number of thioether (sulfide) groups is 1. The molecule has 2 aliphatic rings. The Bertz CT molecular complexity index is 1960. The van der Waals surface area contributed by atoms with Gasteiger partial charge in [0, 0.05) is 43.6 Å². The second-order valence-corrected chi connectivity index (χ2v) is 15.3. The minimum Gasteiger partial charge on any atom is -0.427 e. The lowest BCUT2D eigenvalue weighted by Crippen LogP contribution is -2.58. The van der Waals surface area contributed by atoms with Gasteiger partial charge in [0.15, 0.2) is 0 Å². The van der Waals surface area contributed by atoms with Gasteiger partial charge in [-0.25, -0.2) is 0 Å². The van der Waals surface area contributed by atoms with Crippen molar-refractivity contribution >= 4 is 75.9 Å². The molecule has 21 nitrogen and oxygen atoms in total. The largest absolute Gasteiger partial charge is 0.427 e. The Morgan fingerprint density at radius 2 is 1.69 bits per heavy atom. The number of esters is 1. The highest BCUT2D eigenvalue weighted by Crippen LogP contribution is 2.34. The van der Waals surface area contributed by atoms with Crippen molar-refractivity contribution in [3.63, 3.8) is 0 Å². The van der Waals surface area contributed by atoms with Crippen LogP contribution in [0.2, 0.25) is 0 Å². The molecule has 0 saturated carbocycles. The number of carbonyl (C=O) groups is 9. The Morgan fingerprint density at radius 1 is 1.02 bits per heavy atom. The Kier molecular flexibility index (Phi) is 16.2. The standard InChI is InChI=1S/C37H52N10O11S/c1-6-17(2)31-35(56)42-13-29(51)43-26(33(54)44-25(12-28(38)50)37(57)47-15-19(49)9-27(47)34(55)40-5)16-59-36-22(11-24(39-4)32(53)41-14-30(52)46-31)21-10-20(58-18(3)48)7-8-23(21)45-36/h7-8,10,17,19,24-27,31,39,45,49H,6,9,11-16H2,1-5H3,(H2,38,50)(H,40,55)(H,41,53)(H,42,56)(H,43,51)(H,44,54)(H,46,52)/t17-,19+,24?,25?,26?,27-,31-/m0/s1. The van der Waals surface area contributed by atoms with E-state index in [-0.39, 0.29) is 36.8 Å². The maximum absolute atomic E-state index is 14.1. The quantitative estimate of drug-likeness (QED) is 0.0827. The minimum atomic E-state index is -1.61. The number of ether oxygens (including phenoxy) is 1. The Labute approximate surface area is 343 Å². The maximum Gasteiger partial charge on any atom is 0.308 e. The fourth-order valence-electron chi connectivity index (χ4n) is 6.72. The molecule has 2 aromatic rings. The van der Waals surface area contributed by atoms with Crippen LogP contribution >= 0.6 is 11.8 Å². The summed E-state index contributed by atoms with van der Waals surface area (Å²) in [6.45, 7) is 3.42. The van der Waals surface area contributed by atoms with Crippen LogP contribution in [0.15, 0.2) is 23.2 Å². The van der Waals surface area contributed by atoms with Gasteiger partial charge in [0.2, 0.25) is 47.3 Å². The minimum absolute atomic E-state index is 0.0142. The summed E-state index contributed by atoms with van der Waals surface area (Å²) in [5.41, 5.74) is 6.58. The number of nitrogens with two attached hydrogens (primary N) is 1. The molecule has 322 valence electrons. The van der Waals surface area contributed by atoms with Gasteiger partial charge in [0.1, 0.15) is 29.9 Å². The van der Waals surface area contributed by atoms with Gasteiger partial charge in [-0.3, -0.25) is 43.2 Å².